The lowest BCUT2D eigenvalue weighted by molar-refractivity contribution is 0.0747. The van der Waals surface area contributed by atoms with Gasteiger partial charge in [-0.2, -0.15) is 9.78 Å². The van der Waals surface area contributed by atoms with Crippen molar-refractivity contribution in [2.24, 2.45) is 11.3 Å². The van der Waals surface area contributed by atoms with E-state index in [0.717, 1.165) is 52.6 Å². The first-order chi connectivity index (χ1) is 14.7. The van der Waals surface area contributed by atoms with Crippen molar-refractivity contribution in [2.45, 2.75) is 46.1 Å². The van der Waals surface area contributed by atoms with Crippen LogP contribution in [0.3, 0.4) is 0 Å². The van der Waals surface area contributed by atoms with Crippen molar-refractivity contribution >= 4 is 34.7 Å². The quantitative estimate of drug-likeness (QED) is 0.676. The largest absolute Gasteiger partial charge is 0.365 e. The van der Waals surface area contributed by atoms with Crippen LogP contribution in [0, 0.1) is 11.3 Å². The van der Waals surface area contributed by atoms with Gasteiger partial charge in [-0.15, -0.1) is 11.3 Å². The maximum absolute atomic E-state index is 13.1. The SMILES string of the molecule is CN1CC(CN2CCC(c3cc(NCc4ccc(Cl)s4)n(C(=O)C(C)(C)C)n3)CC2)C1. The van der Waals surface area contributed by atoms with E-state index in [2.05, 4.69) is 28.2 Å². The topological polar surface area (TPSA) is 53.4 Å². The van der Waals surface area contributed by atoms with Gasteiger partial charge in [0.15, 0.2) is 0 Å². The number of likely N-dealkylation sites (tertiary alicyclic amines) is 2. The van der Waals surface area contributed by atoms with Gasteiger partial charge in [-0.3, -0.25) is 4.79 Å². The summed E-state index contributed by atoms with van der Waals surface area (Å²) in [6.07, 6.45) is 2.20. The van der Waals surface area contributed by atoms with Crippen molar-refractivity contribution < 1.29 is 4.79 Å². The fourth-order valence-corrected chi connectivity index (χ4v) is 5.57. The molecule has 2 aliphatic heterocycles. The standard InChI is InChI=1S/C23H34ClN5OS/c1-23(2,3)22(30)29-21(25-12-18-5-6-20(24)31-18)11-19(26-29)17-7-9-28(10-8-17)15-16-13-27(4)14-16/h5-6,11,16-17,25H,7-10,12-15H2,1-4H3. The second-order valence-corrected chi connectivity index (χ2v) is 11.9. The molecule has 1 N–H and O–H groups in total. The van der Waals surface area contributed by atoms with Gasteiger partial charge in [0.2, 0.25) is 0 Å². The summed E-state index contributed by atoms with van der Waals surface area (Å²) in [4.78, 5) is 19.2. The van der Waals surface area contributed by atoms with E-state index in [9.17, 15) is 4.79 Å². The van der Waals surface area contributed by atoms with Crippen molar-refractivity contribution in [1.82, 2.24) is 19.6 Å². The predicted octanol–water partition coefficient (Wildman–Crippen LogP) is 4.64. The normalized spacial score (nSPS) is 19.5. The number of nitrogens with one attached hydrogen (secondary N) is 1. The molecule has 31 heavy (non-hydrogen) atoms. The monoisotopic (exact) mass is 463 g/mol. The number of thiophene rings is 1. The summed E-state index contributed by atoms with van der Waals surface area (Å²) in [6, 6.07) is 6.00. The van der Waals surface area contributed by atoms with E-state index in [4.69, 9.17) is 16.7 Å². The Kier molecular flexibility index (Phi) is 6.77. The fraction of sp³-hybridized carbons (Fsp3) is 0.652. The molecule has 0 atom stereocenters. The number of hydrogen-bond acceptors (Lipinski definition) is 6. The molecule has 2 aromatic rings. The first kappa shape index (κ1) is 22.8. The Morgan fingerprint density at radius 2 is 1.97 bits per heavy atom. The highest BCUT2D eigenvalue weighted by Crippen LogP contribution is 2.31. The molecule has 2 aromatic heterocycles. The van der Waals surface area contributed by atoms with Gasteiger partial charge in [0, 0.05) is 41.9 Å². The van der Waals surface area contributed by atoms with Crippen LogP contribution in [0.15, 0.2) is 18.2 Å². The van der Waals surface area contributed by atoms with Gasteiger partial charge in [0.25, 0.3) is 5.91 Å². The van der Waals surface area contributed by atoms with Crippen LogP contribution in [0.4, 0.5) is 5.82 Å². The first-order valence-electron chi connectivity index (χ1n) is 11.2. The summed E-state index contributed by atoms with van der Waals surface area (Å²) < 4.78 is 2.36. The molecular weight excluding hydrogens is 430 g/mol. The highest BCUT2D eigenvalue weighted by molar-refractivity contribution is 7.16. The molecule has 2 fully saturated rings. The first-order valence-corrected chi connectivity index (χ1v) is 12.4. The van der Waals surface area contributed by atoms with Gasteiger partial charge >= 0.3 is 0 Å². The fourth-order valence-electron chi connectivity index (χ4n) is 4.54. The van der Waals surface area contributed by atoms with Gasteiger partial charge in [-0.25, -0.2) is 0 Å². The van der Waals surface area contributed by atoms with Crippen molar-refractivity contribution in [3.05, 3.63) is 33.1 Å². The van der Waals surface area contributed by atoms with Gasteiger partial charge in [-0.1, -0.05) is 32.4 Å². The Hall–Kier alpha value is -1.41. The number of nitrogens with zero attached hydrogens (tertiary/aromatic N) is 4. The van der Waals surface area contributed by atoms with Crippen LogP contribution in [-0.2, 0) is 6.54 Å². The van der Waals surface area contributed by atoms with Crippen LogP contribution in [0.2, 0.25) is 4.34 Å². The molecule has 0 bridgehead atoms. The highest BCUT2D eigenvalue weighted by Gasteiger charge is 2.31. The lowest BCUT2D eigenvalue weighted by Crippen LogP contribution is -2.50. The van der Waals surface area contributed by atoms with Crippen LogP contribution < -0.4 is 5.32 Å². The number of hydrogen-bond donors (Lipinski definition) is 1. The Balaban J connectivity index is 1.43. The Labute approximate surface area is 194 Å². The smallest absolute Gasteiger partial charge is 0.254 e. The van der Waals surface area contributed by atoms with Crippen molar-refractivity contribution in [3.8, 4) is 0 Å². The molecule has 0 radical (unpaired) electrons. The maximum atomic E-state index is 13.1. The zero-order chi connectivity index (χ0) is 22.2. The molecule has 0 saturated carbocycles. The summed E-state index contributed by atoms with van der Waals surface area (Å²) >= 11 is 7.62. The lowest BCUT2D eigenvalue weighted by Gasteiger charge is -2.41. The minimum absolute atomic E-state index is 0.0111. The molecule has 170 valence electrons. The average Bonchev–Trinajstić information content (AvgIpc) is 3.30. The summed E-state index contributed by atoms with van der Waals surface area (Å²) in [5.74, 6) is 2.02. The van der Waals surface area contributed by atoms with Crippen molar-refractivity contribution in [3.63, 3.8) is 0 Å². The molecule has 0 spiro atoms. The molecule has 2 aliphatic rings. The van der Waals surface area contributed by atoms with E-state index < -0.39 is 5.41 Å². The van der Waals surface area contributed by atoms with E-state index in [0.29, 0.717) is 12.5 Å². The molecule has 2 saturated heterocycles. The number of halogens is 1. The van der Waals surface area contributed by atoms with E-state index >= 15 is 0 Å². The van der Waals surface area contributed by atoms with Crippen LogP contribution in [0.1, 0.15) is 54.9 Å². The molecule has 0 unspecified atom stereocenters. The summed E-state index contributed by atoms with van der Waals surface area (Å²) in [5.41, 5.74) is 0.540. The summed E-state index contributed by atoms with van der Waals surface area (Å²) in [7, 11) is 2.19. The van der Waals surface area contributed by atoms with Gasteiger partial charge in [0.05, 0.1) is 16.6 Å². The minimum atomic E-state index is -0.495. The zero-order valence-electron chi connectivity index (χ0n) is 19.0. The number of rotatable bonds is 6. The lowest BCUT2D eigenvalue weighted by atomic mass is 9.92. The van der Waals surface area contributed by atoms with E-state index in [1.807, 2.05) is 32.9 Å². The van der Waals surface area contributed by atoms with Crippen LogP contribution in [0.5, 0.6) is 0 Å². The van der Waals surface area contributed by atoms with E-state index in [1.54, 1.807) is 16.0 Å². The third kappa shape index (κ3) is 5.51. The molecule has 0 aromatic carbocycles. The number of aromatic nitrogens is 2. The Morgan fingerprint density at radius 1 is 1.26 bits per heavy atom. The van der Waals surface area contributed by atoms with E-state index in [-0.39, 0.29) is 5.91 Å². The minimum Gasteiger partial charge on any atom is -0.365 e. The van der Waals surface area contributed by atoms with Crippen LogP contribution in [0.25, 0.3) is 0 Å². The van der Waals surface area contributed by atoms with Gasteiger partial charge < -0.3 is 15.1 Å². The maximum Gasteiger partial charge on any atom is 0.254 e. The van der Waals surface area contributed by atoms with Crippen LogP contribution >= 0.6 is 22.9 Å². The molecular formula is C23H34ClN5OS. The number of anilines is 1. The number of piperidine rings is 1. The third-order valence-electron chi connectivity index (χ3n) is 6.30. The third-order valence-corrected chi connectivity index (χ3v) is 7.53. The number of carbonyl (C=O) groups is 1. The Morgan fingerprint density at radius 3 is 2.55 bits per heavy atom. The van der Waals surface area contributed by atoms with E-state index in [1.165, 1.54) is 19.6 Å². The van der Waals surface area contributed by atoms with Crippen LogP contribution in [-0.4, -0.2) is 65.3 Å². The highest BCUT2D eigenvalue weighted by atomic mass is 35.5. The van der Waals surface area contributed by atoms with Gasteiger partial charge in [-0.05, 0) is 51.0 Å². The molecule has 6 nitrogen and oxygen atoms in total. The number of carbonyl (C=O) groups excluding carboxylic acids is 1. The van der Waals surface area contributed by atoms with Gasteiger partial charge in [0.1, 0.15) is 5.82 Å². The molecule has 8 heteroatoms. The predicted molar refractivity (Wildman–Crippen MR) is 128 cm³/mol. The zero-order valence-corrected chi connectivity index (χ0v) is 20.6. The molecule has 0 amide bonds. The molecule has 4 rings (SSSR count). The average molecular weight is 464 g/mol. The summed E-state index contributed by atoms with van der Waals surface area (Å²) in [6.45, 7) is 12.3. The van der Waals surface area contributed by atoms with Crippen molar-refractivity contribution in [1.29, 1.82) is 0 Å². The van der Waals surface area contributed by atoms with Crippen molar-refractivity contribution in [2.75, 3.05) is 45.1 Å². The Bertz CT molecular complexity index is 903. The molecule has 4 heterocycles. The second kappa shape index (κ2) is 9.22. The second-order valence-electron chi connectivity index (χ2n) is 10.1. The molecule has 0 aliphatic carbocycles. The summed E-state index contributed by atoms with van der Waals surface area (Å²) in [5, 5.41) is 8.22.